The fourth-order valence-electron chi connectivity index (χ4n) is 2.22. The van der Waals surface area contributed by atoms with Crippen molar-refractivity contribution < 1.29 is 9.90 Å². The number of rotatable bonds is 5. The molecule has 3 aromatic rings. The van der Waals surface area contributed by atoms with Gasteiger partial charge in [-0.3, -0.25) is 4.68 Å². The van der Waals surface area contributed by atoms with Gasteiger partial charge in [0.25, 0.3) is 0 Å². The Kier molecular flexibility index (Phi) is 4.43. The summed E-state index contributed by atoms with van der Waals surface area (Å²) >= 11 is 6.17. The highest BCUT2D eigenvalue weighted by Gasteiger charge is 2.16. The molecule has 0 saturated carbocycles. The summed E-state index contributed by atoms with van der Waals surface area (Å²) in [5.41, 5.74) is 1.65. The molecule has 0 radical (unpaired) electrons. The first-order chi connectivity index (χ1) is 11.6. The molecule has 122 valence electrons. The lowest BCUT2D eigenvalue weighted by atomic mass is 10.0. The third-order valence-corrected chi connectivity index (χ3v) is 3.65. The summed E-state index contributed by atoms with van der Waals surface area (Å²) in [7, 11) is 0. The zero-order valence-corrected chi connectivity index (χ0v) is 13.5. The number of carboxylic acid groups (broad SMARTS) is 1. The van der Waals surface area contributed by atoms with Crippen molar-refractivity contribution in [3.63, 3.8) is 0 Å². The predicted molar refractivity (Wildman–Crippen MR) is 90.6 cm³/mol. The molecule has 2 N–H and O–H groups in total. The van der Waals surface area contributed by atoms with Crippen molar-refractivity contribution in [3.8, 4) is 11.3 Å². The number of hydrogen-bond donors (Lipinski definition) is 2. The highest BCUT2D eigenvalue weighted by atomic mass is 35.5. The van der Waals surface area contributed by atoms with E-state index >= 15 is 0 Å². The topological polar surface area (TPSA) is 92.9 Å². The lowest BCUT2D eigenvalue weighted by Crippen LogP contribution is -2.03. The van der Waals surface area contributed by atoms with Crippen LogP contribution < -0.4 is 5.32 Å². The van der Waals surface area contributed by atoms with Gasteiger partial charge in [0, 0.05) is 18.3 Å². The van der Waals surface area contributed by atoms with Crippen LogP contribution in [0.3, 0.4) is 0 Å². The fraction of sp³-hybridized carbons (Fsp3) is 0.125. The molecule has 0 unspecified atom stereocenters. The molecule has 0 aliphatic heterocycles. The van der Waals surface area contributed by atoms with E-state index in [4.69, 9.17) is 11.6 Å². The second kappa shape index (κ2) is 6.67. The first-order valence-electron chi connectivity index (χ1n) is 7.23. The maximum Gasteiger partial charge on any atom is 0.336 e. The minimum absolute atomic E-state index is 0.128. The quantitative estimate of drug-likeness (QED) is 0.737. The second-order valence-electron chi connectivity index (χ2n) is 4.95. The summed E-state index contributed by atoms with van der Waals surface area (Å²) in [5.74, 6) is -0.732. The highest BCUT2D eigenvalue weighted by Crippen LogP contribution is 2.29. The Morgan fingerprint density at radius 1 is 1.33 bits per heavy atom. The van der Waals surface area contributed by atoms with Gasteiger partial charge in [0.2, 0.25) is 5.95 Å². The van der Waals surface area contributed by atoms with Crippen molar-refractivity contribution >= 4 is 29.2 Å². The Hall–Kier alpha value is -2.93. The van der Waals surface area contributed by atoms with E-state index in [1.54, 1.807) is 29.1 Å². The molecular formula is C16H14ClN5O2. The normalized spacial score (nSPS) is 10.6. The number of hydrogen-bond acceptors (Lipinski definition) is 5. The number of nitrogens with zero attached hydrogens (tertiary/aromatic N) is 4. The fourth-order valence-corrected chi connectivity index (χ4v) is 2.42. The monoisotopic (exact) mass is 343 g/mol. The van der Waals surface area contributed by atoms with E-state index < -0.39 is 5.97 Å². The molecular weight excluding hydrogens is 330 g/mol. The van der Waals surface area contributed by atoms with Gasteiger partial charge in [-0.1, -0.05) is 29.8 Å². The number of aryl methyl sites for hydroxylation is 1. The van der Waals surface area contributed by atoms with Crippen LogP contribution in [0.15, 0.2) is 42.9 Å². The minimum atomic E-state index is -1.04. The average Bonchev–Trinajstić information content (AvgIpc) is 3.04. The molecule has 0 bridgehead atoms. The number of anilines is 2. The summed E-state index contributed by atoms with van der Waals surface area (Å²) in [6.07, 6.45) is 4.92. The van der Waals surface area contributed by atoms with Gasteiger partial charge < -0.3 is 10.4 Å². The summed E-state index contributed by atoms with van der Waals surface area (Å²) in [4.78, 5) is 19.9. The van der Waals surface area contributed by atoms with Crippen LogP contribution in [0.5, 0.6) is 0 Å². The van der Waals surface area contributed by atoms with Gasteiger partial charge in [0.05, 0.1) is 34.4 Å². The number of carboxylic acids is 1. The first-order valence-corrected chi connectivity index (χ1v) is 7.61. The van der Waals surface area contributed by atoms with Crippen molar-refractivity contribution in [3.05, 3.63) is 53.4 Å². The first kappa shape index (κ1) is 15.9. The number of benzene rings is 1. The van der Waals surface area contributed by atoms with E-state index in [2.05, 4.69) is 20.4 Å². The van der Waals surface area contributed by atoms with Crippen molar-refractivity contribution in [2.45, 2.75) is 13.5 Å². The number of nitrogens with one attached hydrogen (secondary N) is 1. The van der Waals surface area contributed by atoms with Crippen LogP contribution in [0.1, 0.15) is 17.3 Å². The van der Waals surface area contributed by atoms with Crippen molar-refractivity contribution in [2.75, 3.05) is 5.32 Å². The van der Waals surface area contributed by atoms with E-state index in [1.807, 2.05) is 13.1 Å². The van der Waals surface area contributed by atoms with Gasteiger partial charge in [0.15, 0.2) is 0 Å². The smallest absolute Gasteiger partial charge is 0.336 e. The van der Waals surface area contributed by atoms with Crippen LogP contribution >= 0.6 is 11.6 Å². The van der Waals surface area contributed by atoms with Gasteiger partial charge in [-0.25, -0.2) is 14.8 Å². The van der Waals surface area contributed by atoms with Crippen LogP contribution in [0.25, 0.3) is 11.3 Å². The molecule has 3 rings (SSSR count). The molecule has 0 aliphatic rings. The number of halogens is 1. The maximum absolute atomic E-state index is 11.4. The van der Waals surface area contributed by atoms with E-state index in [1.165, 1.54) is 12.3 Å². The zero-order chi connectivity index (χ0) is 17.1. The maximum atomic E-state index is 11.4. The zero-order valence-electron chi connectivity index (χ0n) is 12.8. The van der Waals surface area contributed by atoms with Gasteiger partial charge in [-0.15, -0.1) is 0 Å². The number of aromatic nitrogens is 4. The van der Waals surface area contributed by atoms with Gasteiger partial charge >= 0.3 is 5.97 Å². The molecule has 0 atom stereocenters. The Bertz CT molecular complexity index is 894. The lowest BCUT2D eigenvalue weighted by molar-refractivity contribution is 0.0697. The third-order valence-electron chi connectivity index (χ3n) is 3.37. The number of carbonyl (C=O) groups is 1. The molecule has 0 amide bonds. The van der Waals surface area contributed by atoms with Gasteiger partial charge in [0.1, 0.15) is 0 Å². The van der Waals surface area contributed by atoms with Crippen molar-refractivity contribution in [1.29, 1.82) is 0 Å². The largest absolute Gasteiger partial charge is 0.478 e. The van der Waals surface area contributed by atoms with Crippen LogP contribution in [-0.2, 0) is 6.54 Å². The van der Waals surface area contributed by atoms with E-state index in [0.29, 0.717) is 17.2 Å². The molecule has 1 aromatic carbocycles. The third kappa shape index (κ3) is 3.21. The molecule has 0 spiro atoms. The van der Waals surface area contributed by atoms with Gasteiger partial charge in [-0.05, 0) is 13.0 Å². The molecule has 8 heteroatoms. The Labute approximate surface area is 142 Å². The molecule has 7 nitrogen and oxygen atoms in total. The van der Waals surface area contributed by atoms with Crippen molar-refractivity contribution in [1.82, 2.24) is 19.7 Å². The molecule has 0 fully saturated rings. The summed E-state index contributed by atoms with van der Waals surface area (Å²) in [6.45, 7) is 2.73. The Balaban J connectivity index is 1.99. The standard InChI is InChI=1S/C16H14ClN5O2/c1-2-22-9-10(7-19-22)20-16-18-8-13(17)14(21-16)11-5-3-4-6-12(11)15(23)24/h3-9H,2H2,1H3,(H,23,24)(H,18,20,21). The minimum Gasteiger partial charge on any atom is -0.478 e. The lowest BCUT2D eigenvalue weighted by Gasteiger charge is -2.09. The summed E-state index contributed by atoms with van der Waals surface area (Å²) < 4.78 is 1.76. The SMILES string of the molecule is CCn1cc(Nc2ncc(Cl)c(-c3ccccc3C(=O)O)n2)cn1. The Morgan fingerprint density at radius 3 is 2.83 bits per heavy atom. The van der Waals surface area contributed by atoms with Crippen LogP contribution in [0, 0.1) is 0 Å². The predicted octanol–water partition coefficient (Wildman–Crippen LogP) is 3.46. The summed E-state index contributed by atoms with van der Waals surface area (Å²) in [6, 6.07) is 6.56. The van der Waals surface area contributed by atoms with E-state index in [0.717, 1.165) is 12.2 Å². The molecule has 0 aliphatic carbocycles. The highest BCUT2D eigenvalue weighted by molar-refractivity contribution is 6.33. The summed E-state index contributed by atoms with van der Waals surface area (Å²) in [5, 5.41) is 16.8. The second-order valence-corrected chi connectivity index (χ2v) is 5.36. The molecule has 2 heterocycles. The van der Waals surface area contributed by atoms with Crippen LogP contribution in [-0.4, -0.2) is 30.8 Å². The van der Waals surface area contributed by atoms with Crippen molar-refractivity contribution in [2.24, 2.45) is 0 Å². The van der Waals surface area contributed by atoms with Crippen LogP contribution in [0.4, 0.5) is 11.6 Å². The van der Waals surface area contributed by atoms with E-state index in [-0.39, 0.29) is 10.6 Å². The van der Waals surface area contributed by atoms with Gasteiger partial charge in [-0.2, -0.15) is 5.10 Å². The molecule has 0 saturated heterocycles. The average molecular weight is 344 g/mol. The molecule has 2 aromatic heterocycles. The van der Waals surface area contributed by atoms with Crippen LogP contribution in [0.2, 0.25) is 5.02 Å². The Morgan fingerprint density at radius 2 is 2.12 bits per heavy atom. The number of aromatic carboxylic acids is 1. The molecule has 24 heavy (non-hydrogen) atoms. The van der Waals surface area contributed by atoms with E-state index in [9.17, 15) is 9.90 Å².